The van der Waals surface area contributed by atoms with Crippen LogP contribution in [0.15, 0.2) is 48.0 Å². The SMILES string of the molecule is CCOC(=O)C1=C(c2ccccc2)NC(=O)NC1c1cc(OC)c(OC(C)C)c([N+](=O)[O-])c1. The van der Waals surface area contributed by atoms with Crippen LogP contribution in [0, 0.1) is 10.1 Å². The maximum atomic E-state index is 13.0. The average molecular weight is 455 g/mol. The summed E-state index contributed by atoms with van der Waals surface area (Å²) in [7, 11) is 1.36. The fourth-order valence-electron chi connectivity index (χ4n) is 3.49. The molecule has 0 radical (unpaired) electrons. The van der Waals surface area contributed by atoms with Crippen molar-refractivity contribution in [2.24, 2.45) is 0 Å². The van der Waals surface area contributed by atoms with E-state index in [1.807, 2.05) is 0 Å². The van der Waals surface area contributed by atoms with Gasteiger partial charge in [0.05, 0.1) is 42.1 Å². The summed E-state index contributed by atoms with van der Waals surface area (Å²) in [5, 5.41) is 17.2. The predicted molar refractivity (Wildman–Crippen MR) is 120 cm³/mol. The van der Waals surface area contributed by atoms with E-state index >= 15 is 0 Å². The maximum Gasteiger partial charge on any atom is 0.338 e. The van der Waals surface area contributed by atoms with E-state index in [0.29, 0.717) is 5.56 Å². The number of hydrogen-bond acceptors (Lipinski definition) is 7. The molecule has 0 bridgehead atoms. The molecule has 0 saturated carbocycles. The maximum absolute atomic E-state index is 13.0. The first-order chi connectivity index (χ1) is 15.8. The largest absolute Gasteiger partial charge is 0.493 e. The van der Waals surface area contributed by atoms with Gasteiger partial charge in [-0.3, -0.25) is 10.1 Å². The van der Waals surface area contributed by atoms with Gasteiger partial charge in [-0.05, 0) is 38.0 Å². The summed E-state index contributed by atoms with van der Waals surface area (Å²) >= 11 is 0. The van der Waals surface area contributed by atoms with Crippen LogP contribution in [0.1, 0.15) is 37.9 Å². The summed E-state index contributed by atoms with van der Waals surface area (Å²) < 4.78 is 16.2. The molecule has 1 heterocycles. The van der Waals surface area contributed by atoms with Crippen LogP contribution >= 0.6 is 0 Å². The summed E-state index contributed by atoms with van der Waals surface area (Å²) in [6.07, 6.45) is -0.346. The highest BCUT2D eigenvalue weighted by molar-refractivity contribution is 6.04. The third-order valence-electron chi connectivity index (χ3n) is 4.79. The van der Waals surface area contributed by atoms with Gasteiger partial charge in [-0.2, -0.15) is 0 Å². The monoisotopic (exact) mass is 455 g/mol. The Hall–Kier alpha value is -4.08. The lowest BCUT2D eigenvalue weighted by atomic mass is 9.92. The number of nitro groups is 1. The van der Waals surface area contributed by atoms with Crippen molar-refractivity contribution in [1.82, 2.24) is 10.6 Å². The number of carbonyl (C=O) groups excluding carboxylic acids is 2. The summed E-state index contributed by atoms with van der Waals surface area (Å²) in [5.74, 6) is -0.602. The molecular formula is C23H25N3O7. The normalized spacial score (nSPS) is 15.5. The summed E-state index contributed by atoms with van der Waals surface area (Å²) in [4.78, 5) is 36.8. The number of nitrogens with one attached hydrogen (secondary N) is 2. The number of methoxy groups -OCH3 is 1. The van der Waals surface area contributed by atoms with Crippen LogP contribution in [-0.2, 0) is 9.53 Å². The van der Waals surface area contributed by atoms with E-state index in [-0.39, 0.29) is 46.7 Å². The van der Waals surface area contributed by atoms with Crippen molar-refractivity contribution in [3.8, 4) is 11.5 Å². The summed E-state index contributed by atoms with van der Waals surface area (Å²) in [6.45, 7) is 5.24. The second-order valence-corrected chi connectivity index (χ2v) is 7.40. The minimum Gasteiger partial charge on any atom is -0.493 e. The van der Waals surface area contributed by atoms with E-state index < -0.39 is 23.0 Å². The molecule has 0 saturated heterocycles. The molecule has 1 aliphatic heterocycles. The van der Waals surface area contributed by atoms with Crippen LogP contribution in [0.2, 0.25) is 0 Å². The predicted octanol–water partition coefficient (Wildman–Crippen LogP) is 3.72. The standard InChI is InChI=1S/C23H25N3O7/c1-5-32-22(27)18-19(14-9-7-6-8-10-14)24-23(28)25-20(18)15-11-16(26(29)30)21(33-13(2)3)17(12-15)31-4/h6-13,20H,5H2,1-4H3,(H2,24,25,28). The molecule has 3 rings (SSSR count). The summed E-state index contributed by atoms with van der Waals surface area (Å²) in [5.41, 5.74) is 0.862. The van der Waals surface area contributed by atoms with Gasteiger partial charge < -0.3 is 24.8 Å². The number of hydrogen-bond donors (Lipinski definition) is 2. The van der Waals surface area contributed by atoms with Crippen LogP contribution in [-0.4, -0.2) is 36.7 Å². The van der Waals surface area contributed by atoms with Gasteiger partial charge in [-0.15, -0.1) is 0 Å². The van der Waals surface area contributed by atoms with Crippen molar-refractivity contribution in [3.05, 3.63) is 69.3 Å². The Balaban J connectivity index is 2.26. The zero-order valence-electron chi connectivity index (χ0n) is 18.7. The fourth-order valence-corrected chi connectivity index (χ4v) is 3.49. The second-order valence-electron chi connectivity index (χ2n) is 7.40. The number of urea groups is 1. The molecule has 0 aliphatic carbocycles. The third kappa shape index (κ3) is 5.05. The number of carbonyl (C=O) groups is 2. The fraction of sp³-hybridized carbons (Fsp3) is 0.304. The zero-order valence-corrected chi connectivity index (χ0v) is 18.7. The zero-order chi connectivity index (χ0) is 24.1. The van der Waals surface area contributed by atoms with Crippen molar-refractivity contribution in [1.29, 1.82) is 0 Å². The molecule has 2 amide bonds. The Morgan fingerprint density at radius 1 is 1.21 bits per heavy atom. The lowest BCUT2D eigenvalue weighted by molar-refractivity contribution is -0.386. The minimum absolute atomic E-state index is 0.0357. The Bertz CT molecular complexity index is 1100. The van der Waals surface area contributed by atoms with Crippen molar-refractivity contribution < 1.29 is 28.7 Å². The highest BCUT2D eigenvalue weighted by atomic mass is 16.6. The molecule has 10 nitrogen and oxygen atoms in total. The molecule has 1 unspecified atom stereocenters. The van der Waals surface area contributed by atoms with Crippen LogP contribution < -0.4 is 20.1 Å². The Kier molecular flexibility index (Phi) is 7.17. The van der Waals surface area contributed by atoms with Crippen molar-refractivity contribution in [3.63, 3.8) is 0 Å². The van der Waals surface area contributed by atoms with Gasteiger partial charge in [0.1, 0.15) is 0 Å². The molecule has 1 atom stereocenters. The van der Waals surface area contributed by atoms with Crippen LogP contribution in [0.3, 0.4) is 0 Å². The number of nitrogens with zero attached hydrogens (tertiary/aromatic N) is 1. The minimum atomic E-state index is -1.03. The molecular weight excluding hydrogens is 430 g/mol. The first-order valence-corrected chi connectivity index (χ1v) is 10.3. The summed E-state index contributed by atoms with van der Waals surface area (Å²) in [6, 6.07) is 9.96. The van der Waals surface area contributed by atoms with E-state index in [9.17, 15) is 19.7 Å². The van der Waals surface area contributed by atoms with E-state index in [2.05, 4.69) is 10.6 Å². The van der Waals surface area contributed by atoms with Gasteiger partial charge >= 0.3 is 17.7 Å². The van der Waals surface area contributed by atoms with E-state index in [4.69, 9.17) is 14.2 Å². The quantitative estimate of drug-likeness (QED) is 0.353. The van der Waals surface area contributed by atoms with Gasteiger partial charge in [-0.25, -0.2) is 9.59 Å². The third-order valence-corrected chi connectivity index (χ3v) is 4.79. The molecule has 10 heteroatoms. The average Bonchev–Trinajstić information content (AvgIpc) is 2.78. The van der Waals surface area contributed by atoms with Crippen molar-refractivity contribution >= 4 is 23.4 Å². The van der Waals surface area contributed by atoms with Crippen molar-refractivity contribution in [2.45, 2.75) is 32.9 Å². The lowest BCUT2D eigenvalue weighted by Crippen LogP contribution is -2.45. The van der Waals surface area contributed by atoms with Crippen molar-refractivity contribution in [2.75, 3.05) is 13.7 Å². The molecule has 1 aliphatic rings. The van der Waals surface area contributed by atoms with E-state index in [0.717, 1.165) is 0 Å². The van der Waals surface area contributed by atoms with Gasteiger partial charge in [0.2, 0.25) is 5.75 Å². The molecule has 2 N–H and O–H groups in total. The van der Waals surface area contributed by atoms with Crippen LogP contribution in [0.25, 0.3) is 5.70 Å². The highest BCUT2D eigenvalue weighted by Crippen LogP contribution is 2.42. The topological polar surface area (TPSA) is 129 Å². The molecule has 174 valence electrons. The smallest absolute Gasteiger partial charge is 0.338 e. The molecule has 2 aromatic rings. The molecule has 33 heavy (non-hydrogen) atoms. The van der Waals surface area contributed by atoms with Gasteiger partial charge in [0.15, 0.2) is 5.75 Å². The first kappa shape index (κ1) is 23.6. The number of esters is 1. The Morgan fingerprint density at radius 2 is 1.91 bits per heavy atom. The second kappa shape index (κ2) is 10.0. The van der Waals surface area contributed by atoms with E-state index in [1.165, 1.54) is 19.2 Å². The van der Waals surface area contributed by atoms with Crippen LogP contribution in [0.4, 0.5) is 10.5 Å². The number of benzene rings is 2. The number of nitro benzene ring substituents is 1. The molecule has 2 aromatic carbocycles. The van der Waals surface area contributed by atoms with Gasteiger partial charge in [-0.1, -0.05) is 30.3 Å². The Labute approximate surface area is 190 Å². The molecule has 0 spiro atoms. The lowest BCUT2D eigenvalue weighted by Gasteiger charge is -2.30. The number of ether oxygens (including phenoxy) is 3. The number of amides is 2. The first-order valence-electron chi connectivity index (χ1n) is 10.3. The van der Waals surface area contributed by atoms with Gasteiger partial charge in [0, 0.05) is 6.07 Å². The molecule has 0 aromatic heterocycles. The molecule has 0 fully saturated rings. The highest BCUT2D eigenvalue weighted by Gasteiger charge is 2.36. The number of rotatable bonds is 8. The Morgan fingerprint density at radius 3 is 2.48 bits per heavy atom. The van der Waals surface area contributed by atoms with Crippen LogP contribution in [0.5, 0.6) is 11.5 Å². The van der Waals surface area contributed by atoms with Gasteiger partial charge in [0.25, 0.3) is 0 Å². The van der Waals surface area contributed by atoms with E-state index in [1.54, 1.807) is 51.1 Å².